The fourth-order valence-corrected chi connectivity index (χ4v) is 3.78. The SMILES string of the molecule is NCc1cccc(NC(=O)[C@H](NC(=O)OCc2ccccc2)c2cccc(OC[C@H]3COCCO3)c2)c1. The van der Waals surface area contributed by atoms with Crippen LogP contribution in [0, 0.1) is 0 Å². The van der Waals surface area contributed by atoms with Crippen LogP contribution in [0.25, 0.3) is 0 Å². The van der Waals surface area contributed by atoms with Crippen molar-refractivity contribution in [2.75, 3.05) is 31.7 Å². The van der Waals surface area contributed by atoms with Crippen LogP contribution in [0.1, 0.15) is 22.7 Å². The van der Waals surface area contributed by atoms with E-state index in [-0.39, 0.29) is 12.7 Å². The summed E-state index contributed by atoms with van der Waals surface area (Å²) in [6.45, 7) is 2.28. The zero-order valence-corrected chi connectivity index (χ0v) is 20.4. The molecule has 4 N–H and O–H groups in total. The van der Waals surface area contributed by atoms with E-state index >= 15 is 0 Å². The van der Waals surface area contributed by atoms with Crippen LogP contribution in [0.2, 0.25) is 0 Å². The first-order valence-corrected chi connectivity index (χ1v) is 12.1. The van der Waals surface area contributed by atoms with Gasteiger partial charge in [-0.05, 0) is 41.0 Å². The van der Waals surface area contributed by atoms with Gasteiger partial charge in [-0.15, -0.1) is 0 Å². The molecule has 0 saturated carbocycles. The summed E-state index contributed by atoms with van der Waals surface area (Å²) in [6.07, 6.45) is -0.892. The molecule has 2 amide bonds. The summed E-state index contributed by atoms with van der Waals surface area (Å²) in [5.41, 5.74) is 8.53. The van der Waals surface area contributed by atoms with Crippen LogP contribution in [-0.4, -0.2) is 44.5 Å². The molecule has 194 valence electrons. The molecule has 0 radical (unpaired) electrons. The largest absolute Gasteiger partial charge is 0.491 e. The van der Waals surface area contributed by atoms with Gasteiger partial charge in [0, 0.05) is 12.2 Å². The number of carbonyl (C=O) groups excluding carboxylic acids is 2. The Hall–Kier alpha value is -3.92. The van der Waals surface area contributed by atoms with Gasteiger partial charge in [-0.25, -0.2) is 4.79 Å². The maximum Gasteiger partial charge on any atom is 0.408 e. The average Bonchev–Trinajstić information content (AvgIpc) is 2.95. The molecule has 1 aliphatic rings. The number of anilines is 1. The lowest BCUT2D eigenvalue weighted by Crippen LogP contribution is -2.37. The number of ether oxygens (including phenoxy) is 4. The molecular weight excluding hydrogens is 474 g/mol. The van der Waals surface area contributed by atoms with Crippen molar-refractivity contribution >= 4 is 17.7 Å². The molecular formula is C28H31N3O6. The van der Waals surface area contributed by atoms with E-state index in [0.29, 0.717) is 50.0 Å². The van der Waals surface area contributed by atoms with E-state index in [1.54, 1.807) is 42.5 Å². The van der Waals surface area contributed by atoms with Crippen LogP contribution in [0.5, 0.6) is 5.75 Å². The number of amides is 2. The van der Waals surface area contributed by atoms with Gasteiger partial charge in [-0.2, -0.15) is 0 Å². The van der Waals surface area contributed by atoms with E-state index in [1.165, 1.54) is 0 Å². The van der Waals surface area contributed by atoms with Gasteiger partial charge in [0.15, 0.2) is 0 Å². The molecule has 3 aromatic rings. The maximum absolute atomic E-state index is 13.3. The molecule has 0 unspecified atom stereocenters. The molecule has 0 aromatic heterocycles. The van der Waals surface area contributed by atoms with E-state index in [4.69, 9.17) is 24.7 Å². The standard InChI is InChI=1S/C28H31N3O6/c29-16-21-8-4-10-23(14-21)30-27(32)26(31-28(33)37-17-20-6-2-1-3-7-20)22-9-5-11-24(15-22)36-19-25-18-34-12-13-35-25/h1-11,14-15,25-26H,12-13,16-19,29H2,(H,30,32)(H,31,33)/t25-,26-/m1/s1. The van der Waals surface area contributed by atoms with Gasteiger partial charge in [0.05, 0.1) is 19.8 Å². The zero-order valence-electron chi connectivity index (χ0n) is 20.4. The predicted molar refractivity (Wildman–Crippen MR) is 138 cm³/mol. The Labute approximate surface area is 215 Å². The number of rotatable bonds is 10. The molecule has 9 heteroatoms. The highest BCUT2D eigenvalue weighted by molar-refractivity contribution is 5.97. The fourth-order valence-electron chi connectivity index (χ4n) is 3.78. The van der Waals surface area contributed by atoms with E-state index in [1.807, 2.05) is 36.4 Å². The topological polar surface area (TPSA) is 121 Å². The Morgan fingerprint density at radius 2 is 1.78 bits per heavy atom. The highest BCUT2D eigenvalue weighted by Crippen LogP contribution is 2.22. The van der Waals surface area contributed by atoms with Crippen molar-refractivity contribution < 1.29 is 28.5 Å². The monoisotopic (exact) mass is 505 g/mol. The van der Waals surface area contributed by atoms with Gasteiger partial charge in [0.1, 0.15) is 31.1 Å². The molecule has 9 nitrogen and oxygen atoms in total. The van der Waals surface area contributed by atoms with Crippen LogP contribution in [0.3, 0.4) is 0 Å². The smallest absolute Gasteiger partial charge is 0.408 e. The third-order valence-electron chi connectivity index (χ3n) is 5.68. The first kappa shape index (κ1) is 26.2. The Morgan fingerprint density at radius 1 is 0.973 bits per heavy atom. The van der Waals surface area contributed by atoms with Crippen LogP contribution in [0.4, 0.5) is 10.5 Å². The van der Waals surface area contributed by atoms with E-state index < -0.39 is 18.0 Å². The summed E-state index contributed by atoms with van der Waals surface area (Å²) in [5, 5.41) is 5.54. The maximum atomic E-state index is 13.3. The van der Waals surface area contributed by atoms with E-state index in [0.717, 1.165) is 11.1 Å². The molecule has 3 aromatic carbocycles. The highest BCUT2D eigenvalue weighted by Gasteiger charge is 2.25. The fraction of sp³-hybridized carbons (Fsp3) is 0.286. The van der Waals surface area contributed by atoms with Crippen molar-refractivity contribution in [3.05, 3.63) is 95.6 Å². The quantitative estimate of drug-likeness (QED) is 0.385. The molecule has 0 bridgehead atoms. The van der Waals surface area contributed by atoms with Crippen molar-refractivity contribution in [1.29, 1.82) is 0 Å². The summed E-state index contributed by atoms with van der Waals surface area (Å²) in [6, 6.07) is 22.5. The number of benzene rings is 3. The molecule has 37 heavy (non-hydrogen) atoms. The lowest BCUT2D eigenvalue weighted by Gasteiger charge is -2.23. The first-order valence-electron chi connectivity index (χ1n) is 12.1. The van der Waals surface area contributed by atoms with Gasteiger partial charge in [0.2, 0.25) is 0 Å². The van der Waals surface area contributed by atoms with E-state index in [9.17, 15) is 9.59 Å². The van der Waals surface area contributed by atoms with Crippen molar-refractivity contribution in [2.45, 2.75) is 25.3 Å². The Kier molecular flexibility index (Phi) is 9.47. The van der Waals surface area contributed by atoms with Crippen molar-refractivity contribution in [2.24, 2.45) is 5.73 Å². The second-order valence-corrected chi connectivity index (χ2v) is 8.48. The highest BCUT2D eigenvalue weighted by atomic mass is 16.6. The van der Waals surface area contributed by atoms with Gasteiger partial charge in [-0.1, -0.05) is 54.6 Å². The second kappa shape index (κ2) is 13.4. The Bertz CT molecular complexity index is 1170. The summed E-state index contributed by atoms with van der Waals surface area (Å²) in [7, 11) is 0. The van der Waals surface area contributed by atoms with Crippen molar-refractivity contribution in [3.63, 3.8) is 0 Å². The zero-order chi connectivity index (χ0) is 25.9. The van der Waals surface area contributed by atoms with Crippen LogP contribution in [-0.2, 0) is 32.2 Å². The van der Waals surface area contributed by atoms with E-state index in [2.05, 4.69) is 10.6 Å². The summed E-state index contributed by atoms with van der Waals surface area (Å²) >= 11 is 0. The summed E-state index contributed by atoms with van der Waals surface area (Å²) < 4.78 is 22.3. The third-order valence-corrected chi connectivity index (χ3v) is 5.68. The number of nitrogens with two attached hydrogens (primary N) is 1. The summed E-state index contributed by atoms with van der Waals surface area (Å²) in [4.78, 5) is 26.0. The van der Waals surface area contributed by atoms with Gasteiger partial charge < -0.3 is 35.3 Å². The van der Waals surface area contributed by atoms with Gasteiger partial charge in [-0.3, -0.25) is 4.79 Å². The van der Waals surface area contributed by atoms with Crippen LogP contribution < -0.4 is 21.1 Å². The molecule has 0 spiro atoms. The predicted octanol–water partition coefficient (Wildman–Crippen LogP) is 3.55. The molecule has 4 rings (SSSR count). The first-order chi connectivity index (χ1) is 18.1. The number of hydrogen-bond donors (Lipinski definition) is 3. The molecule has 1 saturated heterocycles. The van der Waals surface area contributed by atoms with Gasteiger partial charge >= 0.3 is 6.09 Å². The third kappa shape index (κ3) is 8.04. The van der Waals surface area contributed by atoms with Crippen LogP contribution in [0.15, 0.2) is 78.9 Å². The second-order valence-electron chi connectivity index (χ2n) is 8.48. The number of nitrogens with one attached hydrogen (secondary N) is 2. The number of alkyl carbamates (subject to hydrolysis) is 1. The summed E-state index contributed by atoms with van der Waals surface area (Å²) in [5.74, 6) is 0.0982. The number of carbonyl (C=O) groups is 2. The lowest BCUT2D eigenvalue weighted by molar-refractivity contribution is -0.118. The molecule has 1 fully saturated rings. The Morgan fingerprint density at radius 3 is 2.57 bits per heavy atom. The minimum atomic E-state index is -1.04. The molecule has 2 atom stereocenters. The minimum Gasteiger partial charge on any atom is -0.491 e. The van der Waals surface area contributed by atoms with Crippen molar-refractivity contribution in [3.8, 4) is 5.75 Å². The average molecular weight is 506 g/mol. The van der Waals surface area contributed by atoms with Gasteiger partial charge in [0.25, 0.3) is 5.91 Å². The normalized spacial score (nSPS) is 15.9. The van der Waals surface area contributed by atoms with Crippen molar-refractivity contribution in [1.82, 2.24) is 5.32 Å². The molecule has 1 heterocycles. The Balaban J connectivity index is 1.48. The van der Waals surface area contributed by atoms with Crippen LogP contribution >= 0.6 is 0 Å². The number of hydrogen-bond acceptors (Lipinski definition) is 7. The lowest BCUT2D eigenvalue weighted by atomic mass is 10.1. The molecule has 1 aliphatic heterocycles. The molecule has 0 aliphatic carbocycles. The minimum absolute atomic E-state index is 0.0756.